The van der Waals surface area contributed by atoms with Crippen molar-refractivity contribution < 1.29 is 0 Å². The maximum Gasteiger partial charge on any atom is 0.164 e. The number of hydrogen-bond acceptors (Lipinski definition) is 5. The van der Waals surface area contributed by atoms with Gasteiger partial charge in [-0.05, 0) is 74.5 Å². The molecule has 5 heteroatoms. The van der Waals surface area contributed by atoms with Gasteiger partial charge in [0.1, 0.15) is 0 Å². The third-order valence-corrected chi connectivity index (χ3v) is 11.6. The molecule has 1 unspecified atom stereocenters. The van der Waals surface area contributed by atoms with E-state index in [2.05, 4.69) is 169 Å². The molecule has 62 heavy (non-hydrogen) atoms. The van der Waals surface area contributed by atoms with E-state index in [9.17, 15) is 0 Å². The standard InChI is InChI=1S/C57H39N5/c1-5-15-39(16-6-1)53-36-46(37-54(59-53)40-17-7-2-8-18-40)52-34-30-45-35-44(29-33-51(45)58-52)48-32-31-47(49-23-13-14-24-50(48)49)38-25-27-43(28-26-38)57-61-55(41-19-9-3-10-20-41)60-56(62-57)42-21-11-4-12-22-42/h1-37,53,59H. The highest BCUT2D eigenvalue weighted by molar-refractivity contribution is 6.06. The van der Waals surface area contributed by atoms with Crippen LogP contribution in [-0.4, -0.2) is 19.9 Å². The van der Waals surface area contributed by atoms with Gasteiger partial charge in [0.2, 0.25) is 0 Å². The molecule has 8 aromatic carbocycles. The highest BCUT2D eigenvalue weighted by atomic mass is 15.0. The highest BCUT2D eigenvalue weighted by Gasteiger charge is 2.20. The smallest absolute Gasteiger partial charge is 0.164 e. The lowest BCUT2D eigenvalue weighted by atomic mass is 9.91. The summed E-state index contributed by atoms with van der Waals surface area (Å²) in [6, 6.07) is 74.0. The van der Waals surface area contributed by atoms with Crippen LogP contribution in [0.1, 0.15) is 22.9 Å². The molecule has 3 heterocycles. The Hall–Kier alpha value is -8.28. The molecule has 11 rings (SSSR count). The number of hydrogen-bond donors (Lipinski definition) is 1. The SMILES string of the molecule is C1=C(c2ccccc2)NC(c2ccccc2)C=C1c1ccc2cc(-c3ccc(-c4ccc(-c5nc(-c6ccccc6)nc(-c6ccccc6)n5)cc4)c4ccccc34)ccc2n1. The zero-order chi connectivity index (χ0) is 41.2. The first-order chi connectivity index (χ1) is 30.7. The van der Waals surface area contributed by atoms with Crippen molar-refractivity contribution in [1.29, 1.82) is 0 Å². The van der Waals surface area contributed by atoms with Gasteiger partial charge in [0, 0.05) is 33.3 Å². The van der Waals surface area contributed by atoms with Crippen LogP contribution >= 0.6 is 0 Å². The number of dihydropyridines is 1. The van der Waals surface area contributed by atoms with Gasteiger partial charge in [-0.3, -0.25) is 0 Å². The minimum atomic E-state index is 0.0252. The summed E-state index contributed by atoms with van der Waals surface area (Å²) < 4.78 is 0. The average molecular weight is 794 g/mol. The number of nitrogens with zero attached hydrogens (tertiary/aromatic N) is 4. The fraction of sp³-hybridized carbons (Fsp3) is 0.0175. The fourth-order valence-electron chi connectivity index (χ4n) is 8.41. The van der Waals surface area contributed by atoms with Crippen molar-refractivity contribution in [2.45, 2.75) is 6.04 Å². The number of fused-ring (bicyclic) bond motifs is 2. The first-order valence-electron chi connectivity index (χ1n) is 20.9. The zero-order valence-corrected chi connectivity index (χ0v) is 33.7. The average Bonchev–Trinajstić information content (AvgIpc) is 3.36. The van der Waals surface area contributed by atoms with Gasteiger partial charge >= 0.3 is 0 Å². The quantitative estimate of drug-likeness (QED) is 0.166. The Bertz CT molecular complexity index is 3230. The van der Waals surface area contributed by atoms with Crippen LogP contribution < -0.4 is 5.32 Å². The number of pyridine rings is 1. The minimum absolute atomic E-state index is 0.0252. The van der Waals surface area contributed by atoms with Crippen LogP contribution in [0.4, 0.5) is 0 Å². The molecular weight excluding hydrogens is 755 g/mol. The lowest BCUT2D eigenvalue weighted by Gasteiger charge is -2.25. The summed E-state index contributed by atoms with van der Waals surface area (Å²) in [6.45, 7) is 0. The second kappa shape index (κ2) is 16.1. The molecule has 0 aliphatic carbocycles. The molecule has 0 saturated carbocycles. The zero-order valence-electron chi connectivity index (χ0n) is 33.7. The van der Waals surface area contributed by atoms with E-state index >= 15 is 0 Å². The normalized spacial score (nSPS) is 13.6. The van der Waals surface area contributed by atoms with E-state index < -0.39 is 0 Å². The first-order valence-corrected chi connectivity index (χ1v) is 20.9. The predicted octanol–water partition coefficient (Wildman–Crippen LogP) is 13.7. The molecule has 0 amide bonds. The van der Waals surface area contributed by atoms with Gasteiger partial charge in [-0.15, -0.1) is 0 Å². The van der Waals surface area contributed by atoms with E-state index in [1.165, 1.54) is 27.5 Å². The molecule has 0 radical (unpaired) electrons. The number of benzene rings is 8. The Morgan fingerprint density at radius 2 is 0.855 bits per heavy atom. The summed E-state index contributed by atoms with van der Waals surface area (Å²) in [7, 11) is 0. The largest absolute Gasteiger partial charge is 0.374 e. The van der Waals surface area contributed by atoms with Crippen molar-refractivity contribution in [3.05, 3.63) is 241 Å². The van der Waals surface area contributed by atoms with Gasteiger partial charge in [-0.25, -0.2) is 19.9 Å². The lowest BCUT2D eigenvalue weighted by molar-refractivity contribution is 0.766. The fourth-order valence-corrected chi connectivity index (χ4v) is 8.41. The maximum absolute atomic E-state index is 5.22. The van der Waals surface area contributed by atoms with Gasteiger partial charge in [0.15, 0.2) is 17.5 Å². The Morgan fingerprint density at radius 1 is 0.371 bits per heavy atom. The van der Waals surface area contributed by atoms with Crippen molar-refractivity contribution >= 4 is 32.9 Å². The van der Waals surface area contributed by atoms with Crippen molar-refractivity contribution in [3.63, 3.8) is 0 Å². The number of nitrogens with one attached hydrogen (secondary N) is 1. The van der Waals surface area contributed by atoms with Crippen molar-refractivity contribution in [1.82, 2.24) is 25.3 Å². The van der Waals surface area contributed by atoms with E-state index in [4.69, 9.17) is 19.9 Å². The van der Waals surface area contributed by atoms with E-state index in [0.29, 0.717) is 17.5 Å². The maximum atomic E-state index is 5.22. The molecule has 10 aromatic rings. The molecule has 5 nitrogen and oxygen atoms in total. The summed E-state index contributed by atoms with van der Waals surface area (Å²) >= 11 is 0. The second-order valence-corrected chi connectivity index (χ2v) is 15.5. The van der Waals surface area contributed by atoms with Gasteiger partial charge < -0.3 is 5.32 Å². The van der Waals surface area contributed by atoms with Crippen molar-refractivity contribution in [3.8, 4) is 56.4 Å². The second-order valence-electron chi connectivity index (χ2n) is 15.5. The van der Waals surface area contributed by atoms with E-state index in [0.717, 1.165) is 61.2 Å². The monoisotopic (exact) mass is 793 g/mol. The van der Waals surface area contributed by atoms with E-state index in [1.807, 2.05) is 60.7 Å². The summed E-state index contributed by atoms with van der Waals surface area (Å²) in [5, 5.41) is 7.23. The van der Waals surface area contributed by atoms with Crippen LogP contribution in [0.25, 0.3) is 89.4 Å². The van der Waals surface area contributed by atoms with Crippen LogP contribution in [0.2, 0.25) is 0 Å². The molecule has 0 saturated heterocycles. The topological polar surface area (TPSA) is 63.6 Å². The Labute approximate surface area is 360 Å². The van der Waals surface area contributed by atoms with Crippen molar-refractivity contribution in [2.24, 2.45) is 0 Å². The minimum Gasteiger partial charge on any atom is -0.374 e. The predicted molar refractivity (Wildman–Crippen MR) is 255 cm³/mol. The van der Waals surface area contributed by atoms with Crippen LogP contribution in [0.3, 0.4) is 0 Å². The molecule has 2 aromatic heterocycles. The van der Waals surface area contributed by atoms with Crippen LogP contribution in [0.5, 0.6) is 0 Å². The molecular formula is C57H39N5. The summed E-state index contributed by atoms with van der Waals surface area (Å²) in [4.78, 5) is 20.0. The van der Waals surface area contributed by atoms with Crippen LogP contribution in [-0.2, 0) is 0 Å². The van der Waals surface area contributed by atoms with E-state index in [1.54, 1.807) is 0 Å². The highest BCUT2D eigenvalue weighted by Crippen LogP contribution is 2.38. The molecule has 1 N–H and O–H groups in total. The first kappa shape index (κ1) is 36.8. The third-order valence-electron chi connectivity index (χ3n) is 11.6. The van der Waals surface area contributed by atoms with Crippen LogP contribution in [0, 0.1) is 0 Å². The van der Waals surface area contributed by atoms with Gasteiger partial charge in [0.05, 0.1) is 17.3 Å². The molecule has 0 spiro atoms. The van der Waals surface area contributed by atoms with Gasteiger partial charge in [-0.1, -0.05) is 194 Å². The Kier molecular flexibility index (Phi) is 9.52. The number of aromatic nitrogens is 4. The third kappa shape index (κ3) is 7.22. The Morgan fingerprint density at radius 3 is 1.45 bits per heavy atom. The molecule has 0 fully saturated rings. The summed E-state index contributed by atoms with van der Waals surface area (Å²) in [5.74, 6) is 1.94. The molecule has 1 atom stereocenters. The molecule has 1 aliphatic heterocycles. The molecule has 1 aliphatic rings. The number of allylic oxidation sites excluding steroid dienone is 2. The summed E-state index contributed by atoms with van der Waals surface area (Å²) in [5.41, 5.74) is 13.9. The lowest BCUT2D eigenvalue weighted by Crippen LogP contribution is -2.21. The van der Waals surface area contributed by atoms with Gasteiger partial charge in [-0.2, -0.15) is 0 Å². The Balaban J connectivity index is 0.915. The van der Waals surface area contributed by atoms with E-state index in [-0.39, 0.29) is 6.04 Å². The molecule has 0 bridgehead atoms. The number of rotatable bonds is 8. The summed E-state index contributed by atoms with van der Waals surface area (Å²) in [6.07, 6.45) is 4.50. The van der Waals surface area contributed by atoms with Crippen molar-refractivity contribution in [2.75, 3.05) is 0 Å². The van der Waals surface area contributed by atoms with Gasteiger partial charge in [0.25, 0.3) is 0 Å². The molecule has 292 valence electrons. The van der Waals surface area contributed by atoms with Crippen LogP contribution in [0.15, 0.2) is 224 Å².